The maximum atomic E-state index is 12.8. The normalized spacial score (nSPS) is 16.8. The number of rotatable bonds is 5. The molecule has 1 aliphatic heterocycles. The molecule has 3 aromatic rings. The zero-order valence-electron chi connectivity index (χ0n) is 15.1. The van der Waals surface area contributed by atoms with Gasteiger partial charge in [0.05, 0.1) is 0 Å². The molecule has 0 saturated carbocycles. The van der Waals surface area contributed by atoms with E-state index in [1.165, 1.54) is 0 Å². The van der Waals surface area contributed by atoms with E-state index in [0.29, 0.717) is 17.1 Å². The monoisotopic (exact) mass is 387 g/mol. The molecule has 138 valence electrons. The van der Waals surface area contributed by atoms with E-state index in [2.05, 4.69) is 0 Å². The second-order valence-electron chi connectivity index (χ2n) is 6.68. The molecule has 0 saturated heterocycles. The third-order valence-electron chi connectivity index (χ3n) is 4.92. The predicted octanol–water partition coefficient (Wildman–Crippen LogP) is 5.19. The van der Waals surface area contributed by atoms with Crippen LogP contribution in [-0.4, -0.2) is 18.1 Å². The molecule has 1 unspecified atom stereocenters. The van der Waals surface area contributed by atoms with Gasteiger partial charge < -0.3 is 9.69 Å². The van der Waals surface area contributed by atoms with E-state index in [1.807, 2.05) is 59.5 Å². The molecule has 3 nitrogen and oxygen atoms in total. The summed E-state index contributed by atoms with van der Waals surface area (Å²) in [4.78, 5) is 26.9. The molecule has 0 aliphatic carbocycles. The number of carbonyl (C=O) groups excluding carboxylic acids is 2. The van der Waals surface area contributed by atoms with Crippen LogP contribution in [0.5, 0.6) is 0 Å². The number of halogens is 1. The summed E-state index contributed by atoms with van der Waals surface area (Å²) in [5.74, 6) is -0.144. The lowest BCUT2D eigenvalue weighted by Crippen LogP contribution is -2.32. The molecule has 0 amide bonds. The molecule has 4 heteroatoms. The van der Waals surface area contributed by atoms with Crippen LogP contribution >= 0.6 is 11.6 Å². The van der Waals surface area contributed by atoms with Crippen LogP contribution in [-0.2, 0) is 11.3 Å². The molecule has 0 N–H and O–H groups in total. The second-order valence-corrected chi connectivity index (χ2v) is 7.12. The summed E-state index contributed by atoms with van der Waals surface area (Å²) in [6.07, 6.45) is 2.48. The van der Waals surface area contributed by atoms with Crippen molar-refractivity contribution in [3.05, 3.63) is 107 Å². The molecule has 1 atom stereocenters. The van der Waals surface area contributed by atoms with Crippen molar-refractivity contribution in [1.82, 2.24) is 0 Å². The Balaban J connectivity index is 1.73. The minimum absolute atomic E-state index is 0.144. The number of carbonyl (C=O) groups is 2. The summed E-state index contributed by atoms with van der Waals surface area (Å²) in [5, 5.41) is 0.579. The molecule has 0 bridgehead atoms. The molecule has 4 rings (SSSR count). The first kappa shape index (κ1) is 18.2. The Labute approximate surface area is 168 Å². The lowest BCUT2D eigenvalue weighted by Gasteiger charge is -2.24. The van der Waals surface area contributed by atoms with E-state index < -0.39 is 6.04 Å². The summed E-state index contributed by atoms with van der Waals surface area (Å²) in [6, 6.07) is 24.1. The van der Waals surface area contributed by atoms with Crippen molar-refractivity contribution >= 4 is 34.9 Å². The minimum atomic E-state index is -0.506. The van der Waals surface area contributed by atoms with Gasteiger partial charge in [0, 0.05) is 28.4 Å². The molecule has 3 aromatic carbocycles. The molecule has 0 fully saturated rings. The summed E-state index contributed by atoms with van der Waals surface area (Å²) >= 11 is 5.92. The van der Waals surface area contributed by atoms with Crippen LogP contribution in [0.4, 0.5) is 5.69 Å². The number of fused-ring (bicyclic) bond motifs is 1. The summed E-state index contributed by atoms with van der Waals surface area (Å²) in [7, 11) is 0. The summed E-state index contributed by atoms with van der Waals surface area (Å²) in [5.41, 5.74) is 4.24. The number of nitrogens with zero attached hydrogens (tertiary/aromatic N) is 1. The lowest BCUT2D eigenvalue weighted by atomic mass is 9.99. The van der Waals surface area contributed by atoms with Crippen molar-refractivity contribution in [2.45, 2.75) is 12.6 Å². The minimum Gasteiger partial charge on any atom is -0.353 e. The lowest BCUT2D eigenvalue weighted by molar-refractivity contribution is -0.107. The van der Waals surface area contributed by atoms with Crippen LogP contribution in [0.3, 0.4) is 0 Å². The smallest absolute Gasteiger partial charge is 0.186 e. The van der Waals surface area contributed by atoms with E-state index in [-0.39, 0.29) is 5.78 Å². The average Bonchev–Trinajstić information content (AvgIpc) is 3.02. The zero-order chi connectivity index (χ0) is 19.5. The average molecular weight is 388 g/mol. The number of allylic oxidation sites excluding steroid dienone is 1. The maximum absolute atomic E-state index is 12.8. The molecule has 0 radical (unpaired) electrons. The Morgan fingerprint density at radius 2 is 1.61 bits per heavy atom. The van der Waals surface area contributed by atoms with Gasteiger partial charge in [-0.15, -0.1) is 0 Å². The quantitative estimate of drug-likeness (QED) is 0.343. The SMILES string of the molecule is O=CC1C(=CC(=O)c2ccc(Cl)cc2)c2ccccc2N1Cc1ccccc1. The van der Waals surface area contributed by atoms with Gasteiger partial charge in [-0.3, -0.25) is 4.79 Å². The largest absolute Gasteiger partial charge is 0.353 e. The Hall–Kier alpha value is -3.17. The first-order valence-corrected chi connectivity index (χ1v) is 9.42. The highest BCUT2D eigenvalue weighted by atomic mass is 35.5. The molecule has 0 spiro atoms. The molecule has 0 aromatic heterocycles. The van der Waals surface area contributed by atoms with Gasteiger partial charge in [0.2, 0.25) is 0 Å². The summed E-state index contributed by atoms with van der Waals surface area (Å²) < 4.78 is 0. The summed E-state index contributed by atoms with van der Waals surface area (Å²) in [6.45, 7) is 0.591. The first-order valence-electron chi connectivity index (χ1n) is 9.04. The Kier molecular flexibility index (Phi) is 5.09. The number of aldehydes is 1. The Bertz CT molecular complexity index is 1040. The van der Waals surface area contributed by atoms with E-state index >= 15 is 0 Å². The fourth-order valence-corrected chi connectivity index (χ4v) is 3.68. The van der Waals surface area contributed by atoms with Gasteiger partial charge in [0.25, 0.3) is 0 Å². The van der Waals surface area contributed by atoms with Crippen LogP contribution in [0.2, 0.25) is 5.02 Å². The number of ketones is 1. The van der Waals surface area contributed by atoms with E-state index in [1.54, 1.807) is 30.3 Å². The standard InChI is InChI=1S/C24H18ClNO2/c25-19-12-10-18(11-13-19)24(28)14-21-20-8-4-5-9-22(20)26(23(21)16-27)15-17-6-2-1-3-7-17/h1-14,16,23H,15H2. The number of hydrogen-bond donors (Lipinski definition) is 0. The van der Waals surface area contributed by atoms with E-state index in [9.17, 15) is 9.59 Å². The topological polar surface area (TPSA) is 37.4 Å². The van der Waals surface area contributed by atoms with Gasteiger partial charge in [0.1, 0.15) is 12.3 Å². The van der Waals surface area contributed by atoms with Crippen molar-refractivity contribution in [1.29, 1.82) is 0 Å². The fourth-order valence-electron chi connectivity index (χ4n) is 3.56. The Morgan fingerprint density at radius 3 is 2.32 bits per heavy atom. The third kappa shape index (κ3) is 3.49. The van der Waals surface area contributed by atoms with Gasteiger partial charge in [0.15, 0.2) is 5.78 Å². The van der Waals surface area contributed by atoms with Crippen molar-refractivity contribution < 1.29 is 9.59 Å². The Morgan fingerprint density at radius 1 is 0.929 bits per heavy atom. The van der Waals surface area contributed by atoms with Crippen LogP contribution in [0.25, 0.3) is 5.57 Å². The number of hydrogen-bond acceptors (Lipinski definition) is 3. The van der Waals surface area contributed by atoms with Crippen LogP contribution in [0, 0.1) is 0 Å². The molecular formula is C24H18ClNO2. The van der Waals surface area contributed by atoms with Crippen LogP contribution < -0.4 is 4.90 Å². The number of para-hydroxylation sites is 1. The highest BCUT2D eigenvalue weighted by Crippen LogP contribution is 2.40. The van der Waals surface area contributed by atoms with E-state index in [4.69, 9.17) is 11.6 Å². The van der Waals surface area contributed by atoms with Crippen molar-refractivity contribution in [3.63, 3.8) is 0 Å². The maximum Gasteiger partial charge on any atom is 0.186 e. The molecular weight excluding hydrogens is 370 g/mol. The van der Waals surface area contributed by atoms with E-state index in [0.717, 1.165) is 28.7 Å². The third-order valence-corrected chi connectivity index (χ3v) is 5.17. The van der Waals surface area contributed by atoms with Gasteiger partial charge in [-0.05, 0) is 47.5 Å². The highest BCUT2D eigenvalue weighted by Gasteiger charge is 2.33. The fraction of sp³-hybridized carbons (Fsp3) is 0.0833. The van der Waals surface area contributed by atoms with Gasteiger partial charge in [-0.2, -0.15) is 0 Å². The van der Waals surface area contributed by atoms with Gasteiger partial charge >= 0.3 is 0 Å². The molecule has 28 heavy (non-hydrogen) atoms. The highest BCUT2D eigenvalue weighted by molar-refractivity contribution is 6.30. The van der Waals surface area contributed by atoms with Gasteiger partial charge in [-0.25, -0.2) is 0 Å². The predicted molar refractivity (Wildman–Crippen MR) is 113 cm³/mol. The molecule has 1 heterocycles. The van der Waals surface area contributed by atoms with Crippen LogP contribution in [0.1, 0.15) is 21.5 Å². The number of anilines is 1. The van der Waals surface area contributed by atoms with Crippen molar-refractivity contribution in [2.75, 3.05) is 4.90 Å². The van der Waals surface area contributed by atoms with Crippen molar-refractivity contribution in [2.24, 2.45) is 0 Å². The van der Waals surface area contributed by atoms with Gasteiger partial charge in [-0.1, -0.05) is 60.1 Å². The van der Waals surface area contributed by atoms with Crippen molar-refractivity contribution in [3.8, 4) is 0 Å². The number of benzene rings is 3. The zero-order valence-corrected chi connectivity index (χ0v) is 15.8. The first-order chi connectivity index (χ1) is 13.7. The molecule has 1 aliphatic rings. The second kappa shape index (κ2) is 7.83. The van der Waals surface area contributed by atoms with Crippen LogP contribution in [0.15, 0.2) is 84.9 Å².